The highest BCUT2D eigenvalue weighted by Gasteiger charge is 2.38. The first kappa shape index (κ1) is 16.9. The van der Waals surface area contributed by atoms with Crippen LogP contribution in [0.5, 0.6) is 0 Å². The van der Waals surface area contributed by atoms with Gasteiger partial charge in [-0.15, -0.1) is 0 Å². The van der Waals surface area contributed by atoms with Gasteiger partial charge in [-0.3, -0.25) is 14.6 Å². The van der Waals surface area contributed by atoms with E-state index < -0.39 is 0 Å². The number of rotatable bonds is 7. The van der Waals surface area contributed by atoms with Gasteiger partial charge in [0.05, 0.1) is 18.7 Å². The van der Waals surface area contributed by atoms with Crippen LogP contribution in [0.4, 0.5) is 0 Å². The summed E-state index contributed by atoms with van der Waals surface area (Å²) in [5.41, 5.74) is 1.15. The Morgan fingerprint density at radius 2 is 2.04 bits per heavy atom. The van der Waals surface area contributed by atoms with E-state index in [0.29, 0.717) is 12.5 Å². The molecule has 6 nitrogen and oxygen atoms in total. The fourth-order valence-corrected chi connectivity index (χ4v) is 3.18. The molecule has 0 spiro atoms. The Bertz CT molecular complexity index is 574. The molecule has 0 bridgehead atoms. The van der Waals surface area contributed by atoms with Crippen LogP contribution in [0.15, 0.2) is 24.5 Å². The minimum atomic E-state index is -0.185. The van der Waals surface area contributed by atoms with Crippen molar-refractivity contribution in [2.24, 2.45) is 5.92 Å². The molecule has 0 aromatic carbocycles. The summed E-state index contributed by atoms with van der Waals surface area (Å²) in [6, 6.07) is 3.98. The van der Waals surface area contributed by atoms with Crippen LogP contribution in [0.3, 0.4) is 0 Å². The molecule has 0 radical (unpaired) electrons. The van der Waals surface area contributed by atoms with Crippen LogP contribution >= 0.6 is 0 Å². The van der Waals surface area contributed by atoms with E-state index in [0.717, 1.165) is 25.0 Å². The van der Waals surface area contributed by atoms with Crippen molar-refractivity contribution >= 4 is 11.8 Å². The molecule has 1 N–H and O–H groups in total. The van der Waals surface area contributed by atoms with E-state index in [1.807, 2.05) is 17.0 Å². The third-order valence-corrected chi connectivity index (χ3v) is 4.73. The molecule has 3 rings (SSSR count). The van der Waals surface area contributed by atoms with E-state index in [1.54, 1.807) is 12.4 Å². The van der Waals surface area contributed by atoms with Crippen molar-refractivity contribution in [2.45, 2.75) is 44.8 Å². The van der Waals surface area contributed by atoms with Crippen LogP contribution in [-0.2, 0) is 20.7 Å². The van der Waals surface area contributed by atoms with Gasteiger partial charge in [-0.2, -0.15) is 0 Å². The lowest BCUT2D eigenvalue weighted by Crippen LogP contribution is -2.46. The molecule has 2 fully saturated rings. The molecule has 6 heteroatoms. The van der Waals surface area contributed by atoms with Gasteiger partial charge in [-0.25, -0.2) is 0 Å². The fourth-order valence-electron chi connectivity index (χ4n) is 3.18. The zero-order chi connectivity index (χ0) is 16.9. The number of aromatic nitrogens is 1. The molecule has 0 unspecified atom stereocenters. The normalized spacial score (nSPS) is 23.3. The number of amides is 2. The summed E-state index contributed by atoms with van der Waals surface area (Å²) in [6.45, 7) is 2.96. The van der Waals surface area contributed by atoms with E-state index in [1.165, 1.54) is 19.8 Å². The maximum Gasteiger partial charge on any atom is 0.242 e. The molecular weight excluding hydrogens is 306 g/mol. The summed E-state index contributed by atoms with van der Waals surface area (Å²) < 4.78 is 6.12. The van der Waals surface area contributed by atoms with Crippen LogP contribution in [0, 0.1) is 5.92 Å². The second-order valence-electron chi connectivity index (χ2n) is 6.73. The lowest BCUT2D eigenvalue weighted by molar-refractivity contribution is -0.134. The zero-order valence-electron chi connectivity index (χ0n) is 14.1. The van der Waals surface area contributed by atoms with Crippen LogP contribution in [0.2, 0.25) is 0 Å². The summed E-state index contributed by atoms with van der Waals surface area (Å²) in [5.74, 6) is 0.479. The molecule has 2 heterocycles. The molecule has 1 saturated heterocycles. The van der Waals surface area contributed by atoms with E-state index in [4.69, 9.17) is 4.74 Å². The topological polar surface area (TPSA) is 71.5 Å². The maximum absolute atomic E-state index is 12.5. The van der Waals surface area contributed by atoms with Crippen LogP contribution in [0.1, 0.15) is 31.7 Å². The smallest absolute Gasteiger partial charge is 0.242 e. The van der Waals surface area contributed by atoms with Crippen molar-refractivity contribution < 1.29 is 14.3 Å². The predicted molar refractivity (Wildman–Crippen MR) is 89.2 cm³/mol. The zero-order valence-corrected chi connectivity index (χ0v) is 14.1. The minimum Gasteiger partial charge on any atom is -0.376 e. The highest BCUT2D eigenvalue weighted by molar-refractivity contribution is 5.84. The first-order valence-electron chi connectivity index (χ1n) is 8.68. The highest BCUT2D eigenvalue weighted by atomic mass is 16.5. The predicted octanol–water partition coefficient (Wildman–Crippen LogP) is 1.16. The van der Waals surface area contributed by atoms with Crippen LogP contribution in [-0.4, -0.2) is 53.5 Å². The third kappa shape index (κ3) is 4.54. The average Bonchev–Trinajstić information content (AvgIpc) is 3.33. The first-order valence-corrected chi connectivity index (χ1v) is 8.68. The quantitative estimate of drug-likeness (QED) is 0.814. The van der Waals surface area contributed by atoms with Crippen molar-refractivity contribution in [1.29, 1.82) is 0 Å². The van der Waals surface area contributed by atoms with Gasteiger partial charge in [-0.05, 0) is 49.3 Å². The number of pyridine rings is 1. The number of hydrogen-bond acceptors (Lipinski definition) is 4. The molecule has 1 saturated carbocycles. The van der Waals surface area contributed by atoms with Gasteiger partial charge in [0, 0.05) is 32.5 Å². The second-order valence-corrected chi connectivity index (χ2v) is 6.73. The van der Waals surface area contributed by atoms with Crippen molar-refractivity contribution in [3.05, 3.63) is 30.1 Å². The van der Waals surface area contributed by atoms with Crippen LogP contribution in [0.25, 0.3) is 0 Å². The Kier molecular flexibility index (Phi) is 5.45. The van der Waals surface area contributed by atoms with E-state index in [9.17, 15) is 9.59 Å². The van der Waals surface area contributed by atoms with E-state index >= 15 is 0 Å². The Balaban J connectivity index is 1.66. The number of likely N-dealkylation sites (tertiary alicyclic amines) is 1. The van der Waals surface area contributed by atoms with Crippen molar-refractivity contribution in [3.63, 3.8) is 0 Å². The minimum absolute atomic E-state index is 0.0207. The van der Waals surface area contributed by atoms with E-state index in [-0.39, 0.29) is 30.5 Å². The van der Waals surface area contributed by atoms with Gasteiger partial charge in [0.2, 0.25) is 11.8 Å². The Morgan fingerprint density at radius 1 is 1.29 bits per heavy atom. The summed E-state index contributed by atoms with van der Waals surface area (Å²) in [5, 5.41) is 2.60. The molecule has 1 aliphatic heterocycles. The SMILES string of the molecule is CC(=O)NCC(=O)N1CC[C@@H](OCC2CC2)[C@@H]1Cc1ccncc1. The van der Waals surface area contributed by atoms with E-state index in [2.05, 4.69) is 10.3 Å². The molecule has 24 heavy (non-hydrogen) atoms. The molecule has 130 valence electrons. The molecule has 1 aromatic rings. The van der Waals surface area contributed by atoms with Gasteiger partial charge < -0.3 is 15.0 Å². The summed E-state index contributed by atoms with van der Waals surface area (Å²) >= 11 is 0. The number of nitrogens with one attached hydrogen (secondary N) is 1. The molecule has 2 amide bonds. The largest absolute Gasteiger partial charge is 0.376 e. The number of carbonyl (C=O) groups excluding carboxylic acids is 2. The molecule has 2 aliphatic rings. The first-order chi connectivity index (χ1) is 11.6. The van der Waals surface area contributed by atoms with Gasteiger partial charge in [0.1, 0.15) is 0 Å². The van der Waals surface area contributed by atoms with Gasteiger partial charge >= 0.3 is 0 Å². The summed E-state index contributed by atoms with van der Waals surface area (Å²) in [4.78, 5) is 29.5. The maximum atomic E-state index is 12.5. The lowest BCUT2D eigenvalue weighted by atomic mass is 10.0. The third-order valence-electron chi connectivity index (χ3n) is 4.73. The summed E-state index contributed by atoms with van der Waals surface area (Å²) in [7, 11) is 0. The second kappa shape index (κ2) is 7.75. The number of hydrogen-bond donors (Lipinski definition) is 1. The van der Waals surface area contributed by atoms with Crippen molar-refractivity contribution in [1.82, 2.24) is 15.2 Å². The molecular formula is C18H25N3O3. The van der Waals surface area contributed by atoms with Gasteiger partial charge in [0.25, 0.3) is 0 Å². The van der Waals surface area contributed by atoms with Gasteiger partial charge in [0.15, 0.2) is 0 Å². The number of carbonyl (C=O) groups is 2. The fraction of sp³-hybridized carbons (Fsp3) is 0.611. The lowest BCUT2D eigenvalue weighted by Gasteiger charge is -2.28. The molecule has 2 atom stereocenters. The Labute approximate surface area is 142 Å². The van der Waals surface area contributed by atoms with Crippen molar-refractivity contribution in [2.75, 3.05) is 19.7 Å². The molecule has 1 aliphatic carbocycles. The van der Waals surface area contributed by atoms with Gasteiger partial charge in [-0.1, -0.05) is 0 Å². The van der Waals surface area contributed by atoms with Crippen LogP contribution < -0.4 is 5.32 Å². The molecule has 1 aromatic heterocycles. The number of ether oxygens (including phenoxy) is 1. The van der Waals surface area contributed by atoms with Crippen molar-refractivity contribution in [3.8, 4) is 0 Å². The Morgan fingerprint density at radius 3 is 2.71 bits per heavy atom. The Hall–Kier alpha value is -1.95. The standard InChI is InChI=1S/C18H25N3O3/c1-13(22)20-11-18(23)21-9-6-17(24-12-15-2-3-15)16(21)10-14-4-7-19-8-5-14/h4-5,7-8,15-17H,2-3,6,9-12H2,1H3,(H,20,22)/t16-,17+/m0/s1. The summed E-state index contributed by atoms with van der Waals surface area (Å²) in [6.07, 6.45) is 7.74. The average molecular weight is 331 g/mol. The monoisotopic (exact) mass is 331 g/mol. The number of nitrogens with zero attached hydrogens (tertiary/aromatic N) is 2. The highest BCUT2D eigenvalue weighted by Crippen LogP contribution is 2.31.